The molecule has 3 aromatic heterocycles. The normalized spacial score (nSPS) is 13.7. The summed E-state index contributed by atoms with van der Waals surface area (Å²) in [6.45, 7) is 13.5. The van der Waals surface area contributed by atoms with Crippen LogP contribution in [-0.2, 0) is 6.54 Å². The van der Waals surface area contributed by atoms with E-state index in [1.165, 1.54) is 25.9 Å². The molecule has 4 heterocycles. The zero-order chi connectivity index (χ0) is 25.3. The summed E-state index contributed by atoms with van der Waals surface area (Å²) < 4.78 is 9.77. The summed E-state index contributed by atoms with van der Waals surface area (Å²) in [5, 5.41) is 12.5. The fourth-order valence-electron chi connectivity index (χ4n) is 4.25. The lowest BCUT2D eigenvalue weighted by molar-refractivity contribution is 0.238. The largest absolute Gasteiger partial charge is 0.492 e. The van der Waals surface area contributed by atoms with Crippen molar-refractivity contribution in [3.8, 4) is 17.0 Å². The molecule has 0 atom stereocenters. The number of aryl methyl sites for hydroxylation is 1. The van der Waals surface area contributed by atoms with Gasteiger partial charge in [0, 0.05) is 30.5 Å². The summed E-state index contributed by atoms with van der Waals surface area (Å²) in [7, 11) is 0. The first-order valence-electron chi connectivity index (χ1n) is 13.2. The summed E-state index contributed by atoms with van der Waals surface area (Å²) in [5.74, 6) is 2.09. The number of hydrogen-bond acceptors (Lipinski definition) is 6. The van der Waals surface area contributed by atoms with Crippen LogP contribution in [0.3, 0.4) is 0 Å². The Morgan fingerprint density at radius 2 is 1.78 bits per heavy atom. The second kappa shape index (κ2) is 12.5. The molecule has 0 aliphatic carbocycles. The van der Waals surface area contributed by atoms with E-state index in [0.29, 0.717) is 11.9 Å². The van der Waals surface area contributed by atoms with Crippen LogP contribution in [0, 0.1) is 5.92 Å². The molecule has 1 N–H and O–H groups in total. The Morgan fingerprint density at radius 1 is 1.00 bits per heavy atom. The average molecular weight is 490 g/mol. The average Bonchev–Trinajstić information content (AvgIpc) is 3.66. The van der Waals surface area contributed by atoms with Crippen molar-refractivity contribution < 1.29 is 4.74 Å². The third-order valence-corrected chi connectivity index (χ3v) is 6.21. The van der Waals surface area contributed by atoms with Crippen LogP contribution in [0.4, 0.5) is 11.6 Å². The first kappa shape index (κ1) is 25.7. The van der Waals surface area contributed by atoms with Crippen LogP contribution in [0.5, 0.6) is 5.75 Å². The van der Waals surface area contributed by atoms with E-state index >= 15 is 0 Å². The number of likely N-dealkylation sites (tertiary alicyclic amines) is 1. The SMILES string of the molecule is CC.CC(C)CCn1cc(-c2cccc3nc(Nc4ccc(OCCN5CCCC5)cc4)nn23)cn1. The third-order valence-electron chi connectivity index (χ3n) is 6.21. The van der Waals surface area contributed by atoms with Crippen LogP contribution < -0.4 is 10.1 Å². The molecular weight excluding hydrogens is 450 g/mol. The van der Waals surface area contributed by atoms with E-state index in [1.54, 1.807) is 0 Å². The van der Waals surface area contributed by atoms with E-state index in [1.807, 2.05) is 71.7 Å². The number of ether oxygens (including phenoxy) is 1. The maximum atomic E-state index is 5.91. The molecule has 0 unspecified atom stereocenters. The molecular formula is C28H39N7O. The van der Waals surface area contributed by atoms with Gasteiger partial charge < -0.3 is 10.1 Å². The van der Waals surface area contributed by atoms with Crippen LogP contribution in [0.1, 0.15) is 47.0 Å². The van der Waals surface area contributed by atoms with Gasteiger partial charge in [0.15, 0.2) is 5.65 Å². The lowest BCUT2D eigenvalue weighted by Gasteiger charge is -2.15. The van der Waals surface area contributed by atoms with Crippen molar-refractivity contribution in [2.24, 2.45) is 5.92 Å². The van der Waals surface area contributed by atoms with E-state index in [9.17, 15) is 0 Å². The van der Waals surface area contributed by atoms with Gasteiger partial charge in [-0.1, -0.05) is 33.8 Å². The lowest BCUT2D eigenvalue weighted by Crippen LogP contribution is -2.25. The number of pyridine rings is 1. The van der Waals surface area contributed by atoms with Gasteiger partial charge in [0.2, 0.25) is 5.95 Å². The van der Waals surface area contributed by atoms with Crippen LogP contribution in [0.25, 0.3) is 16.9 Å². The molecule has 5 rings (SSSR count). The number of aromatic nitrogens is 5. The number of hydrogen-bond donors (Lipinski definition) is 1. The molecule has 1 saturated heterocycles. The van der Waals surface area contributed by atoms with Crippen molar-refractivity contribution in [3.63, 3.8) is 0 Å². The van der Waals surface area contributed by atoms with Crippen molar-refractivity contribution in [1.29, 1.82) is 0 Å². The molecule has 0 amide bonds. The summed E-state index contributed by atoms with van der Waals surface area (Å²) >= 11 is 0. The minimum atomic E-state index is 0.558. The van der Waals surface area contributed by atoms with Crippen LogP contribution in [-0.4, -0.2) is 55.5 Å². The number of fused-ring (bicyclic) bond motifs is 1. The molecule has 8 heteroatoms. The van der Waals surface area contributed by atoms with Gasteiger partial charge in [-0.3, -0.25) is 9.58 Å². The second-order valence-corrected chi connectivity index (χ2v) is 9.34. The smallest absolute Gasteiger partial charge is 0.247 e. The number of nitrogens with one attached hydrogen (secondary N) is 1. The highest BCUT2D eigenvalue weighted by Gasteiger charge is 2.12. The predicted octanol–water partition coefficient (Wildman–Crippen LogP) is 5.88. The van der Waals surface area contributed by atoms with Gasteiger partial charge in [0.1, 0.15) is 12.4 Å². The van der Waals surface area contributed by atoms with Crippen molar-refractivity contribution in [2.45, 2.75) is 53.5 Å². The van der Waals surface area contributed by atoms with Crippen LogP contribution >= 0.6 is 0 Å². The van der Waals surface area contributed by atoms with Gasteiger partial charge >= 0.3 is 0 Å². The molecule has 1 fully saturated rings. The van der Waals surface area contributed by atoms with Gasteiger partial charge in [-0.05, 0) is 74.7 Å². The van der Waals surface area contributed by atoms with Crippen molar-refractivity contribution in [2.75, 3.05) is 31.6 Å². The second-order valence-electron chi connectivity index (χ2n) is 9.34. The monoisotopic (exact) mass is 489 g/mol. The Labute approximate surface area is 214 Å². The molecule has 0 bridgehead atoms. The van der Waals surface area contributed by atoms with Crippen LogP contribution in [0.2, 0.25) is 0 Å². The summed E-state index contributed by atoms with van der Waals surface area (Å²) in [6, 6.07) is 14.0. The number of nitrogens with zero attached hydrogens (tertiary/aromatic N) is 6. The standard InChI is InChI=1S/C26H33N7O.C2H6/c1-20(2)12-15-32-19-21(18-27-32)24-6-5-7-25-29-26(30-33(24)25)28-22-8-10-23(11-9-22)34-17-16-31-13-3-4-14-31;1-2/h5-11,18-20H,3-4,12-17H2,1-2H3,(H,28,30);1-2H3. The van der Waals surface area contributed by atoms with Gasteiger partial charge in [-0.25, -0.2) is 4.52 Å². The van der Waals surface area contributed by atoms with E-state index in [0.717, 1.165) is 54.5 Å². The fraction of sp³-hybridized carbons (Fsp3) is 0.464. The number of rotatable bonds is 10. The Morgan fingerprint density at radius 3 is 2.53 bits per heavy atom. The molecule has 192 valence electrons. The summed E-state index contributed by atoms with van der Waals surface area (Å²) in [4.78, 5) is 7.11. The highest BCUT2D eigenvalue weighted by atomic mass is 16.5. The number of benzene rings is 1. The van der Waals surface area contributed by atoms with E-state index < -0.39 is 0 Å². The fourth-order valence-corrected chi connectivity index (χ4v) is 4.25. The zero-order valence-electron chi connectivity index (χ0n) is 22.0. The Kier molecular flexibility index (Phi) is 8.95. The molecule has 8 nitrogen and oxygen atoms in total. The van der Waals surface area contributed by atoms with Gasteiger partial charge in [0.05, 0.1) is 11.9 Å². The van der Waals surface area contributed by atoms with Crippen molar-refractivity contribution in [3.05, 3.63) is 54.9 Å². The molecule has 1 aliphatic heterocycles. The molecule has 0 radical (unpaired) electrons. The molecule has 1 aliphatic rings. The Hall–Kier alpha value is -3.39. The summed E-state index contributed by atoms with van der Waals surface area (Å²) in [5.41, 5.74) is 3.71. The molecule has 4 aromatic rings. The van der Waals surface area contributed by atoms with Crippen LogP contribution in [0.15, 0.2) is 54.9 Å². The molecule has 0 saturated carbocycles. The molecule has 36 heavy (non-hydrogen) atoms. The first-order chi connectivity index (χ1) is 17.6. The first-order valence-corrected chi connectivity index (χ1v) is 13.2. The summed E-state index contributed by atoms with van der Waals surface area (Å²) in [6.07, 6.45) is 7.69. The maximum absolute atomic E-state index is 5.91. The predicted molar refractivity (Wildman–Crippen MR) is 146 cm³/mol. The van der Waals surface area contributed by atoms with E-state index in [2.05, 4.69) is 40.3 Å². The van der Waals surface area contributed by atoms with Gasteiger partial charge in [-0.2, -0.15) is 10.1 Å². The highest BCUT2D eigenvalue weighted by molar-refractivity contribution is 5.63. The number of anilines is 2. The third kappa shape index (κ3) is 6.63. The Balaban J connectivity index is 0.00000148. The topological polar surface area (TPSA) is 72.5 Å². The van der Waals surface area contributed by atoms with Crippen molar-refractivity contribution in [1.82, 2.24) is 29.3 Å². The molecule has 1 aromatic carbocycles. The zero-order valence-corrected chi connectivity index (χ0v) is 22.0. The molecule has 0 spiro atoms. The van der Waals surface area contributed by atoms with E-state index in [-0.39, 0.29) is 0 Å². The maximum Gasteiger partial charge on any atom is 0.247 e. The quantitative estimate of drug-likeness (QED) is 0.300. The Bertz CT molecular complexity index is 1210. The van der Waals surface area contributed by atoms with Gasteiger partial charge in [-0.15, -0.1) is 5.10 Å². The lowest BCUT2D eigenvalue weighted by atomic mass is 10.1. The highest BCUT2D eigenvalue weighted by Crippen LogP contribution is 2.23. The van der Waals surface area contributed by atoms with Gasteiger partial charge in [0.25, 0.3) is 0 Å². The minimum absolute atomic E-state index is 0.558. The minimum Gasteiger partial charge on any atom is -0.492 e. The van der Waals surface area contributed by atoms with E-state index in [4.69, 9.17) is 9.84 Å². The van der Waals surface area contributed by atoms with Crippen molar-refractivity contribution >= 4 is 17.3 Å².